The van der Waals surface area contributed by atoms with E-state index in [1.165, 1.54) is 23.1 Å². The first-order valence-electron chi connectivity index (χ1n) is 8.74. The van der Waals surface area contributed by atoms with Crippen LogP contribution in [0.25, 0.3) is 0 Å². The number of morpholine rings is 1. The molecule has 0 amide bonds. The number of thioether (sulfide) groups is 1. The van der Waals surface area contributed by atoms with Crippen LogP contribution in [0.2, 0.25) is 0 Å². The molecule has 5 rings (SSSR count). The van der Waals surface area contributed by atoms with Gasteiger partial charge >= 0.3 is 5.97 Å². The first kappa shape index (κ1) is 16.3. The Bertz CT molecular complexity index is 682. The van der Waals surface area contributed by atoms with Crippen molar-refractivity contribution in [1.29, 1.82) is 0 Å². The van der Waals surface area contributed by atoms with Crippen LogP contribution in [-0.2, 0) is 19.9 Å². The van der Waals surface area contributed by atoms with Gasteiger partial charge in [-0.25, -0.2) is 4.79 Å². The van der Waals surface area contributed by atoms with Crippen LogP contribution >= 0.6 is 23.1 Å². The average molecular weight is 380 g/mol. The van der Waals surface area contributed by atoms with E-state index < -0.39 is 11.6 Å². The van der Waals surface area contributed by atoms with Crippen LogP contribution in [0.15, 0.2) is 29.0 Å². The number of rotatable bonds is 4. The molecule has 0 aromatic carbocycles. The van der Waals surface area contributed by atoms with E-state index >= 15 is 0 Å². The maximum Gasteiger partial charge on any atom is 0.345 e. The fourth-order valence-corrected chi connectivity index (χ4v) is 6.57. The van der Waals surface area contributed by atoms with Crippen LogP contribution in [0.3, 0.4) is 0 Å². The van der Waals surface area contributed by atoms with Gasteiger partial charge in [0.05, 0.1) is 5.25 Å². The Labute approximate surface area is 155 Å². The van der Waals surface area contributed by atoms with E-state index in [4.69, 9.17) is 9.47 Å². The summed E-state index contributed by atoms with van der Waals surface area (Å²) in [6, 6.07) is 4.36. The van der Waals surface area contributed by atoms with Gasteiger partial charge in [-0.3, -0.25) is 4.90 Å². The summed E-state index contributed by atoms with van der Waals surface area (Å²) in [6.45, 7) is 0. The first-order chi connectivity index (χ1) is 12.1. The fourth-order valence-electron chi connectivity index (χ4n) is 4.58. The van der Waals surface area contributed by atoms with E-state index in [1.54, 1.807) is 0 Å². The molecule has 0 saturated carbocycles. The highest BCUT2D eigenvalue weighted by atomic mass is 32.2. The maximum atomic E-state index is 13.1. The van der Waals surface area contributed by atoms with Crippen molar-refractivity contribution in [3.63, 3.8) is 0 Å². The number of hydrogen-bond donors (Lipinski definition) is 1. The second-order valence-corrected chi connectivity index (χ2v) is 9.40. The van der Waals surface area contributed by atoms with E-state index in [0.29, 0.717) is 35.6 Å². The smallest absolute Gasteiger partial charge is 0.345 e. The second-order valence-electron chi connectivity index (χ2n) is 7.34. The monoisotopic (exact) mass is 379 g/mol. The lowest BCUT2D eigenvalue weighted by Gasteiger charge is -2.39. The molecule has 0 spiro atoms. The number of carbonyl (C=O) groups is 1. The summed E-state index contributed by atoms with van der Waals surface area (Å²) in [4.78, 5) is 16.1. The molecule has 5 heterocycles. The highest BCUT2D eigenvalue weighted by molar-refractivity contribution is 8.03. The number of fused-ring (bicyclic) bond motifs is 5. The summed E-state index contributed by atoms with van der Waals surface area (Å²) in [6.07, 6.45) is 4.73. The highest BCUT2D eigenvalue weighted by Crippen LogP contribution is 2.49. The van der Waals surface area contributed by atoms with Gasteiger partial charge < -0.3 is 14.6 Å². The van der Waals surface area contributed by atoms with Crippen molar-refractivity contribution in [1.82, 2.24) is 4.90 Å². The SMILES string of the molecule is CN1C2CC(OC(=O)C(O)(c3cccs3)C3CC=CS3)CC1C1OC12. The van der Waals surface area contributed by atoms with Gasteiger partial charge in [0.1, 0.15) is 18.3 Å². The molecule has 2 bridgehead atoms. The molecule has 4 aliphatic rings. The third kappa shape index (κ3) is 2.44. The minimum Gasteiger partial charge on any atom is -0.460 e. The highest BCUT2D eigenvalue weighted by Gasteiger charge is 2.63. The van der Waals surface area contributed by atoms with Crippen molar-refractivity contribution in [2.75, 3.05) is 7.05 Å². The molecule has 134 valence electrons. The molecule has 4 aliphatic heterocycles. The summed E-state index contributed by atoms with van der Waals surface area (Å²) in [7, 11) is 2.13. The lowest BCUT2D eigenvalue weighted by atomic mass is 9.94. The minimum absolute atomic E-state index is 0.138. The number of esters is 1. The second kappa shape index (κ2) is 5.82. The first-order valence-corrected chi connectivity index (χ1v) is 10.6. The standard InChI is InChI=1S/C18H21NO4S2/c1-19-11-8-10(9-12(19)16-15(11)23-16)22-17(20)18(21,13-4-2-6-24-13)14-5-3-7-25-14/h2-4,6-7,10-12,14-16,21H,5,8-9H2,1H3. The molecule has 6 unspecified atom stereocenters. The number of epoxide rings is 1. The van der Waals surface area contributed by atoms with E-state index in [0.717, 1.165) is 12.8 Å². The molecule has 0 radical (unpaired) electrons. The summed E-state index contributed by atoms with van der Waals surface area (Å²) in [5.74, 6) is -0.500. The van der Waals surface area contributed by atoms with Gasteiger partial charge in [0.15, 0.2) is 0 Å². The fraction of sp³-hybridized carbons (Fsp3) is 0.611. The predicted molar refractivity (Wildman–Crippen MR) is 96.5 cm³/mol. The van der Waals surface area contributed by atoms with Crippen LogP contribution in [0.1, 0.15) is 24.1 Å². The number of thiophene rings is 1. The third-order valence-electron chi connectivity index (χ3n) is 6.01. The van der Waals surface area contributed by atoms with E-state index in [1.807, 2.05) is 29.0 Å². The van der Waals surface area contributed by atoms with Crippen molar-refractivity contribution in [2.45, 2.75) is 60.5 Å². The number of allylic oxidation sites excluding steroid dienone is 1. The quantitative estimate of drug-likeness (QED) is 0.639. The Balaban J connectivity index is 1.35. The number of aliphatic hydroxyl groups is 1. The Hall–Kier alpha value is -0.860. The average Bonchev–Trinajstić information content (AvgIpc) is 2.97. The normalized spacial score (nSPS) is 41.4. The molecule has 1 aromatic heterocycles. The number of nitrogens with zero attached hydrogens (tertiary/aromatic N) is 1. The summed E-state index contributed by atoms with van der Waals surface area (Å²) in [5, 5.41) is 15.0. The zero-order valence-corrected chi connectivity index (χ0v) is 15.5. The molecule has 0 aliphatic carbocycles. The predicted octanol–water partition coefficient (Wildman–Crippen LogP) is 2.11. The van der Waals surface area contributed by atoms with Gasteiger partial charge in [-0.2, -0.15) is 0 Å². The Kier molecular flexibility index (Phi) is 3.80. The van der Waals surface area contributed by atoms with E-state index in [-0.39, 0.29) is 11.4 Å². The van der Waals surface area contributed by atoms with Gasteiger partial charge in [0, 0.05) is 29.8 Å². The number of carbonyl (C=O) groups excluding carboxylic acids is 1. The molecular weight excluding hydrogens is 358 g/mol. The molecule has 1 aromatic rings. The number of hydrogen-bond acceptors (Lipinski definition) is 7. The molecule has 3 saturated heterocycles. The van der Waals surface area contributed by atoms with Crippen LogP contribution < -0.4 is 0 Å². The Morgan fingerprint density at radius 2 is 2.16 bits per heavy atom. The largest absolute Gasteiger partial charge is 0.460 e. The summed E-state index contributed by atoms with van der Waals surface area (Å²) in [5.41, 5.74) is -1.58. The van der Waals surface area contributed by atoms with Crippen molar-refractivity contribution >= 4 is 29.1 Å². The number of likely N-dealkylation sites (N-methyl/N-ethyl adjacent to an activating group) is 1. The van der Waals surface area contributed by atoms with Crippen LogP contribution in [-0.4, -0.2) is 58.7 Å². The lowest BCUT2D eigenvalue weighted by molar-refractivity contribution is -0.176. The molecule has 5 nitrogen and oxygen atoms in total. The van der Waals surface area contributed by atoms with Gasteiger partial charge in [0.2, 0.25) is 5.60 Å². The minimum atomic E-state index is -1.58. The van der Waals surface area contributed by atoms with E-state index in [9.17, 15) is 9.90 Å². The molecule has 6 atom stereocenters. The maximum absolute atomic E-state index is 13.1. The van der Waals surface area contributed by atoms with Gasteiger partial charge in [-0.05, 0) is 30.3 Å². The van der Waals surface area contributed by atoms with Gasteiger partial charge in [0.25, 0.3) is 0 Å². The number of piperidine rings is 1. The zero-order chi connectivity index (χ0) is 17.2. The summed E-state index contributed by atoms with van der Waals surface area (Å²) < 4.78 is 11.6. The molecule has 25 heavy (non-hydrogen) atoms. The zero-order valence-electron chi connectivity index (χ0n) is 13.9. The van der Waals surface area contributed by atoms with Gasteiger partial charge in [-0.1, -0.05) is 12.1 Å². The lowest BCUT2D eigenvalue weighted by Crippen LogP contribution is -2.51. The Morgan fingerprint density at radius 1 is 1.40 bits per heavy atom. The van der Waals surface area contributed by atoms with Gasteiger partial charge in [-0.15, -0.1) is 23.1 Å². The van der Waals surface area contributed by atoms with E-state index in [2.05, 4.69) is 11.9 Å². The summed E-state index contributed by atoms with van der Waals surface area (Å²) >= 11 is 2.91. The molecule has 1 N–H and O–H groups in total. The number of ether oxygens (including phenoxy) is 2. The third-order valence-corrected chi connectivity index (χ3v) is 8.22. The molecule has 3 fully saturated rings. The van der Waals surface area contributed by atoms with Crippen LogP contribution in [0, 0.1) is 0 Å². The van der Waals surface area contributed by atoms with Crippen LogP contribution in [0.4, 0.5) is 0 Å². The van der Waals surface area contributed by atoms with Crippen molar-refractivity contribution in [3.05, 3.63) is 33.9 Å². The Morgan fingerprint density at radius 3 is 2.76 bits per heavy atom. The van der Waals surface area contributed by atoms with Crippen molar-refractivity contribution in [3.8, 4) is 0 Å². The topological polar surface area (TPSA) is 62.3 Å². The molecule has 7 heteroatoms. The van der Waals surface area contributed by atoms with Crippen molar-refractivity contribution < 1.29 is 19.4 Å². The molecular formula is C18H21NO4S2. The van der Waals surface area contributed by atoms with Crippen molar-refractivity contribution in [2.24, 2.45) is 0 Å². The van der Waals surface area contributed by atoms with Crippen LogP contribution in [0.5, 0.6) is 0 Å².